The van der Waals surface area contributed by atoms with Gasteiger partial charge in [-0.2, -0.15) is 0 Å². The summed E-state index contributed by atoms with van der Waals surface area (Å²) in [5, 5.41) is 2.66. The van der Waals surface area contributed by atoms with E-state index >= 15 is 0 Å². The molecule has 0 aliphatic carbocycles. The van der Waals surface area contributed by atoms with Gasteiger partial charge in [-0.1, -0.05) is 28.9 Å². The van der Waals surface area contributed by atoms with Crippen molar-refractivity contribution in [3.63, 3.8) is 0 Å². The number of nitroso groups, excluding NO2 is 1. The summed E-state index contributed by atoms with van der Waals surface area (Å²) in [5.41, 5.74) is 0.0528. The summed E-state index contributed by atoms with van der Waals surface area (Å²) >= 11 is 5.55. The van der Waals surface area contributed by atoms with Crippen molar-refractivity contribution in [2.75, 3.05) is 6.54 Å². The minimum atomic E-state index is -0.805. The molecular formula is C12H11ClN2O3. The molecule has 1 heterocycles. The van der Waals surface area contributed by atoms with Gasteiger partial charge in [-0.3, -0.25) is 14.5 Å². The number of amides is 2. The zero-order valence-corrected chi connectivity index (χ0v) is 10.3. The van der Waals surface area contributed by atoms with Crippen molar-refractivity contribution >= 4 is 23.4 Å². The second-order valence-electron chi connectivity index (χ2n) is 3.99. The lowest BCUT2D eigenvalue weighted by atomic mass is 10.1. The van der Waals surface area contributed by atoms with Crippen LogP contribution in [0.1, 0.15) is 33.6 Å². The maximum atomic E-state index is 11.9. The third-order valence-electron chi connectivity index (χ3n) is 2.82. The van der Waals surface area contributed by atoms with E-state index in [1.54, 1.807) is 24.3 Å². The van der Waals surface area contributed by atoms with Gasteiger partial charge in [-0.15, -0.1) is 4.91 Å². The number of alkyl halides is 1. The van der Waals surface area contributed by atoms with Gasteiger partial charge in [0.2, 0.25) is 0 Å². The number of halogens is 1. The molecule has 6 heteroatoms. The monoisotopic (exact) mass is 266 g/mol. The number of nitrogens with zero attached hydrogens (tertiary/aromatic N) is 2. The Kier molecular flexibility index (Phi) is 3.72. The predicted molar refractivity (Wildman–Crippen MR) is 66.5 cm³/mol. The van der Waals surface area contributed by atoms with E-state index in [0.29, 0.717) is 24.0 Å². The lowest BCUT2D eigenvalue weighted by Crippen LogP contribution is -2.30. The van der Waals surface area contributed by atoms with Crippen molar-refractivity contribution in [1.82, 2.24) is 4.90 Å². The van der Waals surface area contributed by atoms with Gasteiger partial charge in [0.1, 0.15) is 0 Å². The fourth-order valence-electron chi connectivity index (χ4n) is 1.91. The van der Waals surface area contributed by atoms with Gasteiger partial charge < -0.3 is 0 Å². The minimum absolute atomic E-state index is 0.255. The summed E-state index contributed by atoms with van der Waals surface area (Å²) < 4.78 is 0. The van der Waals surface area contributed by atoms with E-state index in [1.807, 2.05) is 0 Å². The minimum Gasteiger partial charge on any atom is -0.274 e. The third-order valence-corrected chi connectivity index (χ3v) is 3.11. The molecule has 0 saturated heterocycles. The highest BCUT2D eigenvalue weighted by molar-refractivity contribution is 6.21. The van der Waals surface area contributed by atoms with Gasteiger partial charge in [0.05, 0.1) is 11.1 Å². The van der Waals surface area contributed by atoms with Crippen molar-refractivity contribution in [2.24, 2.45) is 5.18 Å². The van der Waals surface area contributed by atoms with Crippen LogP contribution in [0.15, 0.2) is 29.4 Å². The third kappa shape index (κ3) is 2.26. The van der Waals surface area contributed by atoms with Crippen LogP contribution in [0.5, 0.6) is 0 Å². The first-order valence-electron chi connectivity index (χ1n) is 5.57. The molecule has 2 rings (SSSR count). The summed E-state index contributed by atoms with van der Waals surface area (Å²) in [6.07, 6.45) is 0.809. The normalized spacial score (nSPS) is 15.7. The number of hydrogen-bond donors (Lipinski definition) is 0. The lowest BCUT2D eigenvalue weighted by Gasteiger charge is -2.13. The Hall–Kier alpha value is -1.75. The molecule has 1 aliphatic rings. The second-order valence-corrected chi connectivity index (χ2v) is 4.49. The average Bonchev–Trinajstić information content (AvgIpc) is 2.64. The maximum Gasteiger partial charge on any atom is 0.261 e. The number of hydrogen-bond acceptors (Lipinski definition) is 4. The first-order chi connectivity index (χ1) is 8.65. The molecule has 1 unspecified atom stereocenters. The quantitative estimate of drug-likeness (QED) is 0.356. The van der Waals surface area contributed by atoms with Crippen molar-refractivity contribution < 1.29 is 9.59 Å². The summed E-state index contributed by atoms with van der Waals surface area (Å²) in [5.74, 6) is -0.582. The summed E-state index contributed by atoms with van der Waals surface area (Å²) in [6, 6.07) is 6.71. The van der Waals surface area contributed by atoms with E-state index in [-0.39, 0.29) is 18.4 Å². The fraction of sp³-hybridized carbons (Fsp3) is 0.333. The molecule has 1 aromatic rings. The topological polar surface area (TPSA) is 66.8 Å². The molecule has 0 radical (unpaired) electrons. The van der Waals surface area contributed by atoms with Crippen LogP contribution in [-0.2, 0) is 0 Å². The van der Waals surface area contributed by atoms with Gasteiger partial charge in [0.25, 0.3) is 11.8 Å². The van der Waals surface area contributed by atoms with Crippen LogP contribution in [0.3, 0.4) is 0 Å². The molecule has 5 nitrogen and oxygen atoms in total. The second kappa shape index (κ2) is 5.27. The highest BCUT2D eigenvalue weighted by Gasteiger charge is 2.34. The maximum absolute atomic E-state index is 11.9. The van der Waals surface area contributed by atoms with Crippen LogP contribution in [-0.4, -0.2) is 28.8 Å². The standard InChI is InChI=1S/C12H11ClN2O3/c13-10(14-18)6-3-7-15-11(16)8-4-1-2-5-9(8)12(15)17/h1-2,4-5,10H,3,6-7H2. The first-order valence-corrected chi connectivity index (χ1v) is 6.00. The van der Waals surface area contributed by atoms with Gasteiger partial charge in [-0.05, 0) is 25.0 Å². The van der Waals surface area contributed by atoms with Crippen LogP contribution in [0.25, 0.3) is 0 Å². The molecule has 0 aromatic heterocycles. The summed E-state index contributed by atoms with van der Waals surface area (Å²) in [6.45, 7) is 0.255. The number of carbonyl (C=O) groups excluding carboxylic acids is 2. The molecule has 0 spiro atoms. The van der Waals surface area contributed by atoms with Gasteiger partial charge in [-0.25, -0.2) is 0 Å². The van der Waals surface area contributed by atoms with Crippen LogP contribution in [0.2, 0.25) is 0 Å². The Balaban J connectivity index is 2.03. The summed E-state index contributed by atoms with van der Waals surface area (Å²) in [7, 11) is 0. The Morgan fingerprint density at radius 3 is 2.22 bits per heavy atom. The van der Waals surface area contributed by atoms with E-state index in [2.05, 4.69) is 5.18 Å². The van der Waals surface area contributed by atoms with Crippen molar-refractivity contribution in [3.8, 4) is 0 Å². The lowest BCUT2D eigenvalue weighted by molar-refractivity contribution is 0.0651. The number of benzene rings is 1. The van der Waals surface area contributed by atoms with Gasteiger partial charge in [0.15, 0.2) is 5.50 Å². The predicted octanol–water partition coefficient (Wildman–Crippen LogP) is 2.39. The molecule has 1 aromatic carbocycles. The molecule has 0 bridgehead atoms. The molecule has 0 N–H and O–H groups in total. The van der Waals surface area contributed by atoms with Crippen molar-refractivity contribution in [2.45, 2.75) is 18.3 Å². The highest BCUT2D eigenvalue weighted by Crippen LogP contribution is 2.23. The Morgan fingerprint density at radius 2 is 1.72 bits per heavy atom. The van der Waals surface area contributed by atoms with E-state index in [1.165, 1.54) is 4.90 Å². The molecule has 2 amide bonds. The molecule has 1 atom stereocenters. The number of rotatable bonds is 5. The van der Waals surface area contributed by atoms with Crippen LogP contribution < -0.4 is 0 Å². The number of imide groups is 1. The number of carbonyl (C=O) groups is 2. The van der Waals surface area contributed by atoms with Crippen molar-refractivity contribution in [3.05, 3.63) is 40.3 Å². The van der Waals surface area contributed by atoms with Crippen LogP contribution in [0.4, 0.5) is 0 Å². The Labute approximate surface area is 109 Å². The highest BCUT2D eigenvalue weighted by atomic mass is 35.5. The summed E-state index contributed by atoms with van der Waals surface area (Å²) in [4.78, 5) is 35.2. The molecular weight excluding hydrogens is 256 g/mol. The van der Waals surface area contributed by atoms with E-state index in [0.717, 1.165) is 0 Å². The van der Waals surface area contributed by atoms with Gasteiger partial charge in [0, 0.05) is 6.54 Å². The Bertz CT molecular complexity index is 469. The Morgan fingerprint density at radius 1 is 1.17 bits per heavy atom. The molecule has 94 valence electrons. The van der Waals surface area contributed by atoms with Crippen LogP contribution in [0, 0.1) is 4.91 Å². The fourth-order valence-corrected chi connectivity index (χ4v) is 2.07. The molecule has 18 heavy (non-hydrogen) atoms. The van der Waals surface area contributed by atoms with Gasteiger partial charge >= 0.3 is 0 Å². The first kappa shape index (κ1) is 12.7. The molecule has 1 aliphatic heterocycles. The average molecular weight is 267 g/mol. The SMILES string of the molecule is O=NC(Cl)CCCN1C(=O)c2ccccc2C1=O. The molecule has 0 fully saturated rings. The number of fused-ring (bicyclic) bond motifs is 1. The zero-order chi connectivity index (χ0) is 13.1. The van der Waals surface area contributed by atoms with E-state index in [9.17, 15) is 14.5 Å². The largest absolute Gasteiger partial charge is 0.274 e. The molecule has 0 saturated carbocycles. The van der Waals surface area contributed by atoms with Crippen LogP contribution >= 0.6 is 11.6 Å². The zero-order valence-electron chi connectivity index (χ0n) is 9.51. The van der Waals surface area contributed by atoms with Crippen molar-refractivity contribution in [1.29, 1.82) is 0 Å². The van der Waals surface area contributed by atoms with E-state index in [4.69, 9.17) is 11.6 Å². The smallest absolute Gasteiger partial charge is 0.261 e. The van der Waals surface area contributed by atoms with E-state index < -0.39 is 5.50 Å².